The lowest BCUT2D eigenvalue weighted by Crippen LogP contribution is -2.28. The highest BCUT2D eigenvalue weighted by atomic mass is 35.5. The second kappa shape index (κ2) is 6.50. The molecule has 2 rings (SSSR count). The molecular weight excluding hydrogens is 297 g/mol. The molecule has 4 N–H and O–H groups in total. The maximum atomic E-state index is 11.8. The average molecular weight is 310 g/mol. The number of nitrogens with one attached hydrogen (secondary N) is 2. The zero-order valence-corrected chi connectivity index (χ0v) is 12.0. The molecule has 0 atom stereocenters. The van der Waals surface area contributed by atoms with Crippen LogP contribution in [0.1, 0.15) is 5.56 Å². The molecule has 0 heterocycles. The Morgan fingerprint density at radius 1 is 1.10 bits per heavy atom. The van der Waals surface area contributed by atoms with E-state index in [1.54, 1.807) is 30.3 Å². The van der Waals surface area contributed by atoms with Crippen LogP contribution in [-0.4, -0.2) is 6.03 Å². The molecular formula is C14H13Cl2N3O. The minimum atomic E-state index is -0.342. The third-order valence-corrected chi connectivity index (χ3v) is 2.96. The van der Waals surface area contributed by atoms with Crippen molar-refractivity contribution in [3.05, 3.63) is 58.1 Å². The van der Waals surface area contributed by atoms with Gasteiger partial charge in [-0.15, -0.1) is 0 Å². The number of anilines is 2. The summed E-state index contributed by atoms with van der Waals surface area (Å²) in [5.41, 5.74) is 7.78. The van der Waals surface area contributed by atoms with Crippen molar-refractivity contribution in [2.75, 3.05) is 11.1 Å². The maximum absolute atomic E-state index is 11.8. The number of nitrogens with two attached hydrogens (primary N) is 1. The lowest BCUT2D eigenvalue weighted by Gasteiger charge is -2.09. The quantitative estimate of drug-likeness (QED) is 0.753. The molecule has 0 saturated carbocycles. The van der Waals surface area contributed by atoms with E-state index in [4.69, 9.17) is 28.9 Å². The van der Waals surface area contributed by atoms with Crippen LogP contribution < -0.4 is 16.4 Å². The number of carbonyl (C=O) groups excluding carboxylic acids is 1. The van der Waals surface area contributed by atoms with Gasteiger partial charge >= 0.3 is 6.03 Å². The van der Waals surface area contributed by atoms with Crippen LogP contribution in [0.15, 0.2) is 42.5 Å². The van der Waals surface area contributed by atoms with Gasteiger partial charge in [-0.2, -0.15) is 0 Å². The van der Waals surface area contributed by atoms with Gasteiger partial charge in [0.25, 0.3) is 0 Å². The highest BCUT2D eigenvalue weighted by Gasteiger charge is 2.04. The normalized spacial score (nSPS) is 10.1. The molecule has 0 saturated heterocycles. The molecule has 0 unspecified atom stereocenters. The van der Waals surface area contributed by atoms with Crippen LogP contribution in [0.3, 0.4) is 0 Å². The summed E-state index contributed by atoms with van der Waals surface area (Å²) in [4.78, 5) is 11.8. The van der Waals surface area contributed by atoms with E-state index in [-0.39, 0.29) is 6.03 Å². The molecule has 0 spiro atoms. The lowest BCUT2D eigenvalue weighted by molar-refractivity contribution is 0.251. The van der Waals surface area contributed by atoms with Gasteiger partial charge in [0.1, 0.15) is 0 Å². The number of amides is 2. The van der Waals surface area contributed by atoms with Crippen LogP contribution in [0, 0.1) is 0 Å². The molecule has 0 fully saturated rings. The molecule has 4 nitrogen and oxygen atoms in total. The summed E-state index contributed by atoms with van der Waals surface area (Å²) in [5.74, 6) is 0. The SMILES string of the molecule is Nc1cccc(CNC(=O)Nc2cc(Cl)cc(Cl)c2)c1. The number of benzene rings is 2. The van der Waals surface area contributed by atoms with Crippen molar-refractivity contribution in [2.45, 2.75) is 6.54 Å². The van der Waals surface area contributed by atoms with Crippen molar-refractivity contribution in [3.8, 4) is 0 Å². The Morgan fingerprint density at radius 2 is 1.80 bits per heavy atom. The molecule has 20 heavy (non-hydrogen) atoms. The maximum Gasteiger partial charge on any atom is 0.319 e. The largest absolute Gasteiger partial charge is 0.399 e. The molecule has 2 aromatic rings. The van der Waals surface area contributed by atoms with Crippen molar-refractivity contribution in [2.24, 2.45) is 0 Å². The highest BCUT2D eigenvalue weighted by molar-refractivity contribution is 6.35. The first-order valence-corrected chi connectivity index (χ1v) is 6.64. The van der Waals surface area contributed by atoms with E-state index >= 15 is 0 Å². The number of hydrogen-bond acceptors (Lipinski definition) is 2. The van der Waals surface area contributed by atoms with Crippen LogP contribution >= 0.6 is 23.2 Å². The molecule has 104 valence electrons. The predicted molar refractivity (Wildman–Crippen MR) is 83.2 cm³/mol. The number of urea groups is 1. The summed E-state index contributed by atoms with van der Waals surface area (Å²) in [6.45, 7) is 0.380. The van der Waals surface area contributed by atoms with Crippen molar-refractivity contribution < 1.29 is 4.79 Å². The van der Waals surface area contributed by atoms with E-state index in [0.29, 0.717) is 28.0 Å². The van der Waals surface area contributed by atoms with Crippen molar-refractivity contribution in [3.63, 3.8) is 0 Å². The highest BCUT2D eigenvalue weighted by Crippen LogP contribution is 2.22. The number of halogens is 2. The lowest BCUT2D eigenvalue weighted by atomic mass is 10.2. The third-order valence-electron chi connectivity index (χ3n) is 2.52. The topological polar surface area (TPSA) is 67.1 Å². The number of carbonyl (C=O) groups is 1. The van der Waals surface area contributed by atoms with E-state index in [1.807, 2.05) is 12.1 Å². The Balaban J connectivity index is 1.92. The summed E-state index contributed by atoms with van der Waals surface area (Å²) in [6.07, 6.45) is 0. The zero-order valence-electron chi connectivity index (χ0n) is 10.5. The Kier molecular flexibility index (Phi) is 4.71. The number of hydrogen-bond donors (Lipinski definition) is 3. The van der Waals surface area contributed by atoms with Gasteiger partial charge in [0, 0.05) is 28.0 Å². The third kappa shape index (κ3) is 4.33. The van der Waals surface area contributed by atoms with Gasteiger partial charge in [-0.3, -0.25) is 0 Å². The summed E-state index contributed by atoms with van der Waals surface area (Å²) in [6, 6.07) is 11.8. The fourth-order valence-corrected chi connectivity index (χ4v) is 2.21. The molecule has 0 aliphatic heterocycles. The van der Waals surface area contributed by atoms with Gasteiger partial charge in [0.2, 0.25) is 0 Å². The fourth-order valence-electron chi connectivity index (χ4n) is 1.69. The van der Waals surface area contributed by atoms with Crippen molar-refractivity contribution in [1.29, 1.82) is 0 Å². The Morgan fingerprint density at radius 3 is 2.45 bits per heavy atom. The van der Waals surface area contributed by atoms with Crippen LogP contribution in [0.2, 0.25) is 10.0 Å². The van der Waals surface area contributed by atoms with Crippen molar-refractivity contribution in [1.82, 2.24) is 5.32 Å². The predicted octanol–water partition coefficient (Wildman–Crippen LogP) is 3.90. The second-order valence-electron chi connectivity index (χ2n) is 4.21. The standard InChI is InChI=1S/C14H13Cl2N3O/c15-10-5-11(16)7-13(6-10)19-14(20)18-8-9-2-1-3-12(17)4-9/h1-7H,8,17H2,(H2,18,19,20). The first-order chi connectivity index (χ1) is 9.52. The fraction of sp³-hybridized carbons (Fsp3) is 0.0714. The Labute approximate surface area is 126 Å². The molecule has 0 aliphatic carbocycles. The Bertz CT molecular complexity index is 611. The van der Waals surface area contributed by atoms with Gasteiger partial charge in [-0.1, -0.05) is 35.3 Å². The Hall–Kier alpha value is -1.91. The molecule has 2 aromatic carbocycles. The van der Waals surface area contributed by atoms with E-state index in [1.165, 1.54) is 0 Å². The molecule has 0 aliphatic rings. The van der Waals surface area contributed by atoms with Crippen LogP contribution in [-0.2, 0) is 6.54 Å². The van der Waals surface area contributed by atoms with Gasteiger partial charge in [0.15, 0.2) is 0 Å². The summed E-state index contributed by atoms with van der Waals surface area (Å²) in [5, 5.41) is 6.30. The summed E-state index contributed by atoms with van der Waals surface area (Å²) < 4.78 is 0. The minimum Gasteiger partial charge on any atom is -0.399 e. The molecule has 0 aromatic heterocycles. The number of rotatable bonds is 3. The minimum absolute atomic E-state index is 0.342. The van der Waals surface area contributed by atoms with Gasteiger partial charge in [-0.05, 0) is 35.9 Å². The average Bonchev–Trinajstić information content (AvgIpc) is 2.35. The smallest absolute Gasteiger partial charge is 0.319 e. The monoisotopic (exact) mass is 309 g/mol. The van der Waals surface area contributed by atoms with E-state index in [0.717, 1.165) is 5.56 Å². The first kappa shape index (κ1) is 14.5. The summed E-state index contributed by atoms with van der Waals surface area (Å²) >= 11 is 11.7. The van der Waals surface area contributed by atoms with E-state index < -0.39 is 0 Å². The van der Waals surface area contributed by atoms with E-state index in [2.05, 4.69) is 10.6 Å². The van der Waals surface area contributed by atoms with Crippen molar-refractivity contribution >= 4 is 40.6 Å². The van der Waals surface area contributed by atoms with E-state index in [9.17, 15) is 4.79 Å². The van der Waals surface area contributed by atoms with Crippen LogP contribution in [0.25, 0.3) is 0 Å². The molecule has 0 radical (unpaired) electrons. The second-order valence-corrected chi connectivity index (χ2v) is 5.08. The van der Waals surface area contributed by atoms with Gasteiger partial charge in [0.05, 0.1) is 0 Å². The number of nitrogen functional groups attached to an aromatic ring is 1. The molecule has 2 amide bonds. The molecule has 0 bridgehead atoms. The molecule has 6 heteroatoms. The zero-order chi connectivity index (χ0) is 14.5. The van der Waals surface area contributed by atoms with Gasteiger partial charge in [-0.25, -0.2) is 4.79 Å². The first-order valence-electron chi connectivity index (χ1n) is 5.88. The summed E-state index contributed by atoms with van der Waals surface area (Å²) in [7, 11) is 0. The van der Waals surface area contributed by atoms with Crippen LogP contribution in [0.5, 0.6) is 0 Å². The van der Waals surface area contributed by atoms with Gasteiger partial charge < -0.3 is 16.4 Å². The van der Waals surface area contributed by atoms with Crippen LogP contribution in [0.4, 0.5) is 16.2 Å².